The van der Waals surface area contributed by atoms with Gasteiger partial charge in [0.1, 0.15) is 0 Å². The Labute approximate surface area is 161 Å². The van der Waals surface area contributed by atoms with Gasteiger partial charge in [-0.1, -0.05) is 32.8 Å². The van der Waals surface area contributed by atoms with Crippen LogP contribution in [0.15, 0.2) is 23.1 Å². The van der Waals surface area contributed by atoms with Crippen molar-refractivity contribution in [1.29, 1.82) is 0 Å². The Bertz CT molecular complexity index is 818. The minimum Gasteiger partial charge on any atom is -0.449 e. The topological polar surface area (TPSA) is 89.5 Å². The molecule has 2 rings (SSSR count). The Balaban J connectivity index is 2.06. The fraction of sp³-hybridized carbons (Fsp3) is 0.600. The summed E-state index contributed by atoms with van der Waals surface area (Å²) in [5, 5.41) is 2.99. The lowest BCUT2D eigenvalue weighted by Gasteiger charge is -2.35. The number of benzene rings is 1. The van der Waals surface area contributed by atoms with Crippen molar-refractivity contribution < 1.29 is 22.7 Å². The third-order valence-corrected chi connectivity index (χ3v) is 6.65. The SMILES string of the molecule is Cc1ccc(S(C)(=O)=O)cc1C(=O)O[C@H](C)C(=O)N[C@@H]1CCC[C@H](C)[C@@H]1C. The number of nitrogens with one attached hydrogen (secondary N) is 1. The zero-order valence-electron chi connectivity index (χ0n) is 16.6. The highest BCUT2D eigenvalue weighted by Crippen LogP contribution is 2.29. The maximum Gasteiger partial charge on any atom is 0.339 e. The molecule has 150 valence electrons. The summed E-state index contributed by atoms with van der Waals surface area (Å²) in [5.41, 5.74) is 0.743. The predicted molar refractivity (Wildman–Crippen MR) is 103 cm³/mol. The number of rotatable bonds is 5. The maximum absolute atomic E-state index is 12.5. The molecule has 1 aliphatic rings. The second-order valence-corrected chi connectivity index (χ2v) is 9.69. The maximum atomic E-state index is 12.5. The van der Waals surface area contributed by atoms with E-state index in [9.17, 15) is 18.0 Å². The molecule has 1 fully saturated rings. The number of amides is 1. The number of carbonyl (C=O) groups excluding carboxylic acids is 2. The van der Waals surface area contributed by atoms with E-state index in [1.165, 1.54) is 19.1 Å². The van der Waals surface area contributed by atoms with Gasteiger partial charge in [0.25, 0.3) is 5.91 Å². The summed E-state index contributed by atoms with van der Waals surface area (Å²) >= 11 is 0. The zero-order chi connectivity index (χ0) is 20.4. The van der Waals surface area contributed by atoms with Crippen molar-refractivity contribution >= 4 is 21.7 Å². The average molecular weight is 396 g/mol. The van der Waals surface area contributed by atoms with Crippen LogP contribution in [0.5, 0.6) is 0 Å². The molecule has 7 heteroatoms. The molecule has 4 atom stereocenters. The lowest BCUT2D eigenvalue weighted by molar-refractivity contribution is -0.130. The number of sulfone groups is 1. The van der Waals surface area contributed by atoms with Gasteiger partial charge in [-0.3, -0.25) is 4.79 Å². The van der Waals surface area contributed by atoms with Crippen molar-refractivity contribution in [2.45, 2.75) is 64.0 Å². The van der Waals surface area contributed by atoms with Crippen LogP contribution in [0.1, 0.15) is 56.0 Å². The Morgan fingerprint density at radius 3 is 2.52 bits per heavy atom. The lowest BCUT2D eigenvalue weighted by atomic mass is 9.78. The molecular formula is C20H29NO5S. The van der Waals surface area contributed by atoms with Crippen LogP contribution in [0, 0.1) is 18.8 Å². The van der Waals surface area contributed by atoms with Gasteiger partial charge in [-0.05, 0) is 49.8 Å². The highest BCUT2D eigenvalue weighted by atomic mass is 32.2. The molecule has 6 nitrogen and oxygen atoms in total. The molecule has 0 aromatic heterocycles. The van der Waals surface area contributed by atoms with E-state index < -0.39 is 21.9 Å². The van der Waals surface area contributed by atoms with Crippen LogP contribution in [0.2, 0.25) is 0 Å². The predicted octanol–water partition coefficient (Wildman–Crippen LogP) is 2.88. The number of hydrogen-bond donors (Lipinski definition) is 1. The molecule has 1 saturated carbocycles. The molecule has 1 aromatic carbocycles. The largest absolute Gasteiger partial charge is 0.449 e. The highest BCUT2D eigenvalue weighted by Gasteiger charge is 2.30. The Morgan fingerprint density at radius 1 is 1.22 bits per heavy atom. The van der Waals surface area contributed by atoms with Crippen molar-refractivity contribution in [3.05, 3.63) is 29.3 Å². The Hall–Kier alpha value is -1.89. The monoisotopic (exact) mass is 395 g/mol. The van der Waals surface area contributed by atoms with Crippen molar-refractivity contribution in [2.24, 2.45) is 11.8 Å². The van der Waals surface area contributed by atoms with Crippen molar-refractivity contribution in [2.75, 3.05) is 6.26 Å². The van der Waals surface area contributed by atoms with E-state index in [0.29, 0.717) is 17.4 Å². The highest BCUT2D eigenvalue weighted by molar-refractivity contribution is 7.90. The van der Waals surface area contributed by atoms with Crippen molar-refractivity contribution in [3.63, 3.8) is 0 Å². The van der Waals surface area contributed by atoms with Crippen LogP contribution >= 0.6 is 0 Å². The third kappa shape index (κ3) is 5.31. The van der Waals surface area contributed by atoms with Crippen LogP contribution in [0.4, 0.5) is 0 Å². The van der Waals surface area contributed by atoms with Crippen molar-refractivity contribution in [1.82, 2.24) is 5.32 Å². The molecule has 0 unspecified atom stereocenters. The minimum atomic E-state index is -3.44. The fourth-order valence-corrected chi connectivity index (χ4v) is 4.06. The van der Waals surface area contributed by atoms with Gasteiger partial charge < -0.3 is 10.1 Å². The molecule has 0 saturated heterocycles. The van der Waals surface area contributed by atoms with E-state index >= 15 is 0 Å². The van der Waals surface area contributed by atoms with Crippen molar-refractivity contribution in [3.8, 4) is 0 Å². The zero-order valence-corrected chi connectivity index (χ0v) is 17.4. The second kappa shape index (κ2) is 8.42. The first kappa shape index (κ1) is 21.4. The Kier molecular flexibility index (Phi) is 6.68. The lowest BCUT2D eigenvalue weighted by Crippen LogP contribution is -2.47. The van der Waals surface area contributed by atoms with Crippen LogP contribution in [0.25, 0.3) is 0 Å². The average Bonchev–Trinajstić information content (AvgIpc) is 2.58. The molecule has 1 aromatic rings. The van der Waals surface area contributed by atoms with E-state index in [4.69, 9.17) is 4.74 Å². The number of carbonyl (C=O) groups is 2. The van der Waals surface area contributed by atoms with Gasteiger partial charge in [0.2, 0.25) is 0 Å². The summed E-state index contributed by atoms with van der Waals surface area (Å²) in [5.74, 6) is -0.112. The smallest absolute Gasteiger partial charge is 0.339 e. The van der Waals surface area contributed by atoms with E-state index in [2.05, 4.69) is 19.2 Å². The number of ether oxygens (including phenoxy) is 1. The molecule has 0 aliphatic heterocycles. The molecule has 0 radical (unpaired) electrons. The van der Waals surface area contributed by atoms with Crippen LogP contribution < -0.4 is 5.32 Å². The van der Waals surface area contributed by atoms with Gasteiger partial charge in [-0.25, -0.2) is 13.2 Å². The molecule has 0 bridgehead atoms. The minimum absolute atomic E-state index is 0.0437. The summed E-state index contributed by atoms with van der Waals surface area (Å²) in [4.78, 5) is 25.0. The van der Waals surface area contributed by atoms with Gasteiger partial charge in [-0.2, -0.15) is 0 Å². The number of aryl methyl sites for hydroxylation is 1. The number of hydrogen-bond acceptors (Lipinski definition) is 5. The molecule has 0 heterocycles. The first-order valence-corrected chi connectivity index (χ1v) is 11.2. The van der Waals surface area contributed by atoms with Gasteiger partial charge >= 0.3 is 5.97 Å². The summed E-state index contributed by atoms with van der Waals surface area (Å²) in [6, 6.07) is 4.38. The van der Waals surface area contributed by atoms with E-state index in [-0.39, 0.29) is 22.4 Å². The molecule has 1 aliphatic carbocycles. The first-order chi connectivity index (χ1) is 12.5. The summed E-state index contributed by atoms with van der Waals surface area (Å²) < 4.78 is 28.7. The van der Waals surface area contributed by atoms with E-state index in [1.807, 2.05) is 0 Å². The molecular weight excluding hydrogens is 366 g/mol. The molecule has 0 spiro atoms. The van der Waals surface area contributed by atoms with Gasteiger partial charge in [0, 0.05) is 12.3 Å². The molecule has 1 amide bonds. The molecule has 1 N–H and O–H groups in total. The second-order valence-electron chi connectivity index (χ2n) is 7.68. The standard InChI is InChI=1S/C20H29NO5S/c1-12-7-6-8-18(14(12)3)21-19(22)15(4)26-20(23)17-11-16(27(5,24)25)10-9-13(17)2/h9-12,14-15,18H,6-8H2,1-5H3,(H,21,22)/t12-,14-,15+,18+/m0/s1. The quantitative estimate of drug-likeness (QED) is 0.774. The van der Waals surface area contributed by atoms with Gasteiger partial charge in [-0.15, -0.1) is 0 Å². The normalized spacial score (nSPS) is 24.1. The van der Waals surface area contributed by atoms with Gasteiger partial charge in [0.15, 0.2) is 15.9 Å². The van der Waals surface area contributed by atoms with Crippen LogP contribution in [0.3, 0.4) is 0 Å². The summed E-state index contributed by atoms with van der Waals surface area (Å²) in [6.45, 7) is 7.54. The first-order valence-electron chi connectivity index (χ1n) is 9.32. The summed E-state index contributed by atoms with van der Waals surface area (Å²) in [6.07, 6.45) is 3.28. The summed E-state index contributed by atoms with van der Waals surface area (Å²) in [7, 11) is -3.44. The van der Waals surface area contributed by atoms with Crippen LogP contribution in [-0.4, -0.2) is 38.7 Å². The number of esters is 1. The van der Waals surface area contributed by atoms with Crippen LogP contribution in [-0.2, 0) is 19.4 Å². The van der Waals surface area contributed by atoms with E-state index in [1.54, 1.807) is 13.0 Å². The van der Waals surface area contributed by atoms with Gasteiger partial charge in [0.05, 0.1) is 10.5 Å². The Morgan fingerprint density at radius 2 is 1.89 bits per heavy atom. The molecule has 27 heavy (non-hydrogen) atoms. The third-order valence-electron chi connectivity index (χ3n) is 5.54. The van der Waals surface area contributed by atoms with E-state index in [0.717, 1.165) is 25.5 Å². The fourth-order valence-electron chi connectivity index (χ4n) is 3.42.